The second-order valence-electron chi connectivity index (χ2n) is 23.2. The number of esters is 1. The van der Waals surface area contributed by atoms with Gasteiger partial charge in [0.25, 0.3) is 0 Å². The molecule has 640 valence electrons. The number of halogens is 9. The van der Waals surface area contributed by atoms with Crippen molar-refractivity contribution in [3.63, 3.8) is 0 Å². The number of aliphatic hydroxyl groups excluding tert-OH is 3. The number of hydrogen-bond donors (Lipinski definition) is 10. The van der Waals surface area contributed by atoms with Gasteiger partial charge in [-0.2, -0.15) is 13.2 Å². The van der Waals surface area contributed by atoms with Crippen molar-refractivity contribution in [1.82, 2.24) is 0 Å². The summed E-state index contributed by atoms with van der Waals surface area (Å²) >= 11 is 0. The molecule has 0 aliphatic rings. The number of nitrogens with two attached hydrogens (primary N) is 2. The normalized spacial score (nSPS) is 9.60. The second kappa shape index (κ2) is 66.7. The summed E-state index contributed by atoms with van der Waals surface area (Å²) in [5, 5.41) is 44.8. The number of hydrogen-bond acceptors (Lipinski definition) is 14. The Morgan fingerprint density at radius 3 is 1.07 bits per heavy atom. The summed E-state index contributed by atoms with van der Waals surface area (Å²) in [6.45, 7) is 6.20. The number of nitrogens with one attached hydrogen (secondary N) is 4. The summed E-state index contributed by atoms with van der Waals surface area (Å²) in [6.07, 6.45) is -5.30. The number of aromatic carboxylic acids is 1. The van der Waals surface area contributed by atoms with Crippen molar-refractivity contribution in [1.29, 1.82) is 0 Å². The van der Waals surface area contributed by atoms with Crippen LogP contribution in [0.15, 0.2) is 285 Å². The number of carboxylic acid groups (broad SMARTS) is 1. The Bertz CT molecular complexity index is 4420. The fourth-order valence-electron chi connectivity index (χ4n) is 8.44. The maximum Gasteiger partial charge on any atom is 1.00 e. The minimum absolute atomic E-state index is 0. The number of anilines is 6. The van der Waals surface area contributed by atoms with E-state index in [0.717, 1.165) is 48.0 Å². The minimum Gasteiger partial charge on any atom is -0.870 e. The molecular weight excluding hydrogens is 1580 g/mol. The first kappa shape index (κ1) is 114. The fraction of sp³-hybridized carbons (Fsp3) is 0.198. The van der Waals surface area contributed by atoms with Gasteiger partial charge in [0, 0.05) is 82.7 Å². The molecule has 11 aromatic carbocycles. The Morgan fingerprint density at radius 2 is 0.717 bits per heavy atom. The van der Waals surface area contributed by atoms with Crippen molar-refractivity contribution >= 4 is 76.0 Å². The number of carbonyl (C=O) groups excluding carboxylic acids is 6. The van der Waals surface area contributed by atoms with Gasteiger partial charge in [-0.05, 0) is 96.9 Å². The first-order valence-corrected chi connectivity index (χ1v) is 35.3. The topological polar surface area (TPSA) is 340 Å². The van der Waals surface area contributed by atoms with E-state index in [1.54, 1.807) is 20.8 Å². The Labute approximate surface area is 717 Å². The summed E-state index contributed by atoms with van der Waals surface area (Å²) in [4.78, 5) is 77.4. The van der Waals surface area contributed by atoms with Crippen LogP contribution in [-0.4, -0.2) is 73.9 Å². The van der Waals surface area contributed by atoms with Gasteiger partial charge in [0.05, 0.1) is 30.2 Å². The Morgan fingerprint density at radius 1 is 0.417 bits per heavy atom. The van der Waals surface area contributed by atoms with Gasteiger partial charge < -0.3 is 63.4 Å². The van der Waals surface area contributed by atoms with Crippen molar-refractivity contribution in [2.45, 2.75) is 121 Å². The molecule has 0 saturated heterocycles. The molecule has 0 aliphatic carbocycles. The van der Waals surface area contributed by atoms with Gasteiger partial charge in [0.1, 0.15) is 41.5 Å². The number of amides is 4. The number of ether oxygens (including phenoxy) is 1. The number of carbonyl (C=O) groups is 7. The molecule has 0 aromatic heterocycles. The van der Waals surface area contributed by atoms with Crippen LogP contribution in [0.4, 0.5) is 73.6 Å². The van der Waals surface area contributed by atoms with Crippen LogP contribution < -0.4 is 62.3 Å². The van der Waals surface area contributed by atoms with E-state index in [9.17, 15) is 73.1 Å². The molecule has 0 saturated carbocycles. The van der Waals surface area contributed by atoms with E-state index in [2.05, 4.69) is 21.3 Å². The summed E-state index contributed by atoms with van der Waals surface area (Å²) in [6, 6.07) is 78.5. The van der Waals surface area contributed by atoms with E-state index in [-0.39, 0.29) is 161 Å². The number of carboxylic acids is 1. The Balaban J connectivity index is -0.000000640. The first-order chi connectivity index (χ1) is 55.0. The summed E-state index contributed by atoms with van der Waals surface area (Å²) < 4.78 is 119. The van der Waals surface area contributed by atoms with E-state index in [1.807, 2.05) is 176 Å². The Hall–Kier alpha value is -12.3. The molecule has 0 spiro atoms. The molecule has 0 aliphatic heterocycles. The monoisotopic (exact) mass is 1680 g/mol. The molecule has 0 heterocycles. The molecule has 0 fully saturated rings. The van der Waals surface area contributed by atoms with Crippen molar-refractivity contribution < 1.29 is 133 Å². The van der Waals surface area contributed by atoms with E-state index in [1.165, 1.54) is 73.7 Å². The van der Waals surface area contributed by atoms with Crippen LogP contribution in [0.5, 0.6) is 0 Å². The predicted molar refractivity (Wildman–Crippen MR) is 451 cm³/mol. The second-order valence-corrected chi connectivity index (χ2v) is 23.2. The van der Waals surface area contributed by atoms with Crippen LogP contribution in [0.25, 0.3) is 0 Å². The van der Waals surface area contributed by atoms with Crippen LogP contribution in [0, 0.1) is 34.9 Å². The number of aliphatic hydroxyl groups is 3. The van der Waals surface area contributed by atoms with Gasteiger partial charge in [0.15, 0.2) is 12.4 Å². The van der Waals surface area contributed by atoms with Gasteiger partial charge >= 0.3 is 47.7 Å². The molecule has 4 amide bonds. The van der Waals surface area contributed by atoms with Gasteiger partial charge in [0.2, 0.25) is 23.6 Å². The third-order valence-corrected chi connectivity index (χ3v) is 14.5. The van der Waals surface area contributed by atoms with Crippen molar-refractivity contribution in [2.24, 2.45) is 0 Å². The number of aryl methyl sites for hydroxylation is 1. The molecule has 0 radical (unpaired) electrons. The number of benzene rings is 11. The number of aldehydes is 1. The van der Waals surface area contributed by atoms with Crippen molar-refractivity contribution in [3.05, 3.63) is 359 Å². The maximum absolute atomic E-state index is 13.3. The van der Waals surface area contributed by atoms with Crippen molar-refractivity contribution in [2.75, 3.05) is 32.7 Å². The van der Waals surface area contributed by atoms with Gasteiger partial charge in [-0.25, -0.2) is 31.1 Å². The van der Waals surface area contributed by atoms with Crippen LogP contribution in [0.1, 0.15) is 137 Å². The molecule has 1 atom stereocenters. The fourth-order valence-corrected chi connectivity index (χ4v) is 8.44. The third kappa shape index (κ3) is 50.4. The largest absolute Gasteiger partial charge is 1.00 e. The zero-order valence-corrected chi connectivity index (χ0v) is 66.7. The van der Waals surface area contributed by atoms with E-state index < -0.39 is 58.8 Å². The summed E-state index contributed by atoms with van der Waals surface area (Å²) in [5.41, 5.74) is 13.6. The van der Waals surface area contributed by atoms with E-state index in [0.29, 0.717) is 52.9 Å². The molecule has 120 heavy (non-hydrogen) atoms. The van der Waals surface area contributed by atoms with Crippen LogP contribution in [-0.2, 0) is 55.0 Å². The summed E-state index contributed by atoms with van der Waals surface area (Å²) in [5.74, 6) is -5.84. The SMILES string of the molecule is C.C.C.CCC(=O)Nc1cc(F)ccc1C(O)C(F)(F)F.CCC(=O)Nc1cc(F)ccc1C=O.CCC(=O)Nc1cc(F)ccc1CO.CCC(=O)Nc1cc(F)ccc1COC(=O)CCc1ccccc1.Nc1cc(F)ccc1C(=O)O.Nc1cc(F)ccc1CO.[Na+].[OH-].c1ccccc1.c1ccccc1.c1ccccc1.c1ccccc1. The van der Waals surface area contributed by atoms with Gasteiger partial charge in [-0.15, -0.1) is 0 Å². The zero-order chi connectivity index (χ0) is 85.4. The average molecular weight is 1680 g/mol. The zero-order valence-electron chi connectivity index (χ0n) is 64.7. The van der Waals surface area contributed by atoms with E-state index in [4.69, 9.17) is 36.6 Å². The molecule has 13 N–H and O–H groups in total. The average Bonchev–Trinajstić information content (AvgIpc) is 0.816. The number of rotatable bonds is 18. The quantitative estimate of drug-likeness (QED) is 0.0125. The minimum atomic E-state index is -4.89. The van der Waals surface area contributed by atoms with E-state index >= 15 is 0 Å². The van der Waals surface area contributed by atoms with Crippen molar-refractivity contribution in [3.8, 4) is 0 Å². The first-order valence-electron chi connectivity index (χ1n) is 35.3. The molecule has 11 aromatic rings. The van der Waals surface area contributed by atoms with Crippen LogP contribution >= 0.6 is 0 Å². The smallest absolute Gasteiger partial charge is 0.870 e. The molecule has 29 heteroatoms. The van der Waals surface area contributed by atoms with Gasteiger partial charge in [-0.1, -0.05) is 250 Å². The number of alkyl halides is 3. The molecule has 0 bridgehead atoms. The predicted octanol–water partition coefficient (Wildman–Crippen LogP) is 17.8. The standard InChI is InChI=1S/C19H20FNO3.C11H11F4NO2.C10H12FNO2.C10H10FNO2.C7H6FNO2.C7H8FNO.4C6H6.3CH4.Na.H2O/c1-2-18(22)21-17-12-16(20)10-9-15(17)13-24-19(23)11-8-14-6-4-3-5-7-14;1-2-9(17)16-8-5-6(12)3-4-7(8)10(18)11(13,14)15;2*1-2-10(14)12-9-5-8(11)4-3-7(9)6-13;8-4-1-2-5(7(10)11)6(9)3-4;8-6-2-1-5(4-10)7(9)3-6;4*1-2-4-6-5-3-1;;;;;/h3-7,9-10,12H,2,8,11,13H2,1H3,(H,21,22);3-5,10,18H,2H2,1H3,(H,16,17);3-5,13H,2,6H2,1H3,(H,12,14);3-6H,2H2,1H3,(H,12,14);1-3H,9H2,(H,10,11);1-3,10H,4,9H2;4*1-6H;3*1H4;;1H2/q;;;;;;;;;;;;;+1;/p-1. The number of nitrogen functional groups attached to an aromatic ring is 2. The molecule has 11 rings (SSSR count). The third-order valence-electron chi connectivity index (χ3n) is 14.5. The molecule has 1 unspecified atom stereocenters. The summed E-state index contributed by atoms with van der Waals surface area (Å²) in [7, 11) is 0. The maximum atomic E-state index is 13.3. The molecule has 19 nitrogen and oxygen atoms in total. The van der Waals surface area contributed by atoms with Crippen LogP contribution in [0.3, 0.4) is 0 Å². The van der Waals surface area contributed by atoms with Gasteiger partial charge in [-0.3, -0.25) is 28.8 Å². The Kier molecular flexibility index (Phi) is 63.4. The van der Waals surface area contributed by atoms with Crippen LogP contribution in [0.2, 0.25) is 0 Å². The molecular formula is C91H104F9N6NaO13.